The van der Waals surface area contributed by atoms with E-state index < -0.39 is 0 Å². The van der Waals surface area contributed by atoms with Gasteiger partial charge in [-0.25, -0.2) is 4.98 Å². The third-order valence-electron chi connectivity index (χ3n) is 1.74. The molecule has 72 valence electrons. The fourth-order valence-corrected chi connectivity index (χ4v) is 0.912. The second kappa shape index (κ2) is 4.07. The maximum atomic E-state index is 5.49. The van der Waals surface area contributed by atoms with Crippen LogP contribution in [0.1, 0.15) is 26.0 Å². The molecule has 0 saturated heterocycles. The van der Waals surface area contributed by atoms with Crippen LogP contribution in [0.3, 0.4) is 0 Å². The van der Waals surface area contributed by atoms with Crippen molar-refractivity contribution < 1.29 is 4.74 Å². The molecule has 0 saturated carbocycles. The largest absolute Gasteiger partial charge is 0.475 e. The molecule has 1 unspecified atom stereocenters. The van der Waals surface area contributed by atoms with Gasteiger partial charge in [0, 0.05) is 11.8 Å². The van der Waals surface area contributed by atoms with Crippen molar-refractivity contribution in [1.82, 2.24) is 9.97 Å². The van der Waals surface area contributed by atoms with E-state index in [1.807, 2.05) is 13.8 Å². The number of nitrogens with zero attached hydrogens (tertiary/aromatic N) is 2. The van der Waals surface area contributed by atoms with Crippen molar-refractivity contribution in [3.8, 4) is 5.88 Å². The molecule has 4 heteroatoms. The summed E-state index contributed by atoms with van der Waals surface area (Å²) in [4.78, 5) is 7.92. The van der Waals surface area contributed by atoms with Gasteiger partial charge in [-0.1, -0.05) is 6.92 Å². The van der Waals surface area contributed by atoms with Crippen molar-refractivity contribution in [1.29, 1.82) is 0 Å². The zero-order chi connectivity index (χ0) is 9.84. The first-order chi connectivity index (χ1) is 6.11. The van der Waals surface area contributed by atoms with Gasteiger partial charge in [0.1, 0.15) is 0 Å². The highest BCUT2D eigenvalue weighted by molar-refractivity contribution is 5.25. The average Bonchev–Trinajstić information content (AvgIpc) is 2.02. The summed E-state index contributed by atoms with van der Waals surface area (Å²) in [5, 5.41) is 0. The van der Waals surface area contributed by atoms with E-state index in [1.165, 1.54) is 0 Å². The zero-order valence-corrected chi connectivity index (χ0v) is 8.24. The van der Waals surface area contributed by atoms with E-state index in [-0.39, 0.29) is 12.1 Å². The maximum absolute atomic E-state index is 5.49. The number of aromatic nitrogens is 2. The first-order valence-electron chi connectivity index (χ1n) is 4.39. The minimum absolute atomic E-state index is 0.161. The van der Waals surface area contributed by atoms with Crippen LogP contribution < -0.4 is 10.5 Å². The molecule has 0 aliphatic heterocycles. The monoisotopic (exact) mass is 181 g/mol. The van der Waals surface area contributed by atoms with Crippen LogP contribution in [0.5, 0.6) is 5.88 Å². The molecule has 1 rings (SSSR count). The molecule has 0 aliphatic carbocycles. The lowest BCUT2D eigenvalue weighted by atomic mass is 10.3. The Balaban J connectivity index is 2.77. The molecule has 0 radical (unpaired) electrons. The van der Waals surface area contributed by atoms with Gasteiger partial charge in [-0.05, 0) is 20.3 Å². The first kappa shape index (κ1) is 9.77. The van der Waals surface area contributed by atoms with Crippen LogP contribution in [0.15, 0.2) is 6.07 Å². The minimum Gasteiger partial charge on any atom is -0.475 e. The second-order valence-corrected chi connectivity index (χ2v) is 3.04. The summed E-state index contributed by atoms with van der Waals surface area (Å²) in [6.45, 7) is 5.91. The number of nitrogen functional groups attached to an aromatic ring is 1. The molecule has 0 aliphatic rings. The summed E-state index contributed by atoms with van der Waals surface area (Å²) in [5.41, 5.74) is 6.30. The third-order valence-corrected chi connectivity index (χ3v) is 1.74. The van der Waals surface area contributed by atoms with Crippen LogP contribution in [-0.4, -0.2) is 16.1 Å². The molecule has 0 spiro atoms. The number of hydrogen-bond acceptors (Lipinski definition) is 4. The number of aryl methyl sites for hydroxylation is 1. The van der Waals surface area contributed by atoms with Crippen molar-refractivity contribution >= 4 is 5.95 Å². The van der Waals surface area contributed by atoms with Crippen LogP contribution in [0.4, 0.5) is 5.95 Å². The highest BCUT2D eigenvalue weighted by Gasteiger charge is 2.04. The standard InChI is InChI=1S/C9H15N3O/c1-4-7(3)13-8-5-6(2)11-9(10)12-8/h5,7H,4H2,1-3H3,(H2,10,11,12). The predicted molar refractivity (Wildman–Crippen MR) is 51.6 cm³/mol. The Hall–Kier alpha value is -1.32. The average molecular weight is 181 g/mol. The third kappa shape index (κ3) is 2.89. The molecule has 0 fully saturated rings. The van der Waals surface area contributed by atoms with Gasteiger partial charge in [0.2, 0.25) is 11.8 Å². The van der Waals surface area contributed by atoms with E-state index >= 15 is 0 Å². The van der Waals surface area contributed by atoms with Gasteiger partial charge in [0.05, 0.1) is 6.10 Å². The summed E-state index contributed by atoms with van der Waals surface area (Å²) in [6.07, 6.45) is 1.11. The molecule has 0 aromatic carbocycles. The van der Waals surface area contributed by atoms with Crippen LogP contribution in [0.2, 0.25) is 0 Å². The Morgan fingerprint density at radius 1 is 1.54 bits per heavy atom. The number of anilines is 1. The van der Waals surface area contributed by atoms with Crippen LogP contribution >= 0.6 is 0 Å². The number of ether oxygens (including phenoxy) is 1. The van der Waals surface area contributed by atoms with Gasteiger partial charge >= 0.3 is 0 Å². The van der Waals surface area contributed by atoms with E-state index in [2.05, 4.69) is 16.9 Å². The van der Waals surface area contributed by atoms with Crippen LogP contribution in [0.25, 0.3) is 0 Å². The summed E-state index contributed by atoms with van der Waals surface area (Å²) in [5.74, 6) is 0.817. The van der Waals surface area contributed by atoms with E-state index in [0.29, 0.717) is 5.88 Å². The number of rotatable bonds is 3. The Morgan fingerprint density at radius 2 is 2.23 bits per heavy atom. The summed E-state index contributed by atoms with van der Waals surface area (Å²) < 4.78 is 5.49. The molecule has 4 nitrogen and oxygen atoms in total. The maximum Gasteiger partial charge on any atom is 0.223 e. The minimum atomic E-state index is 0.161. The Bertz CT molecular complexity index is 268. The van der Waals surface area contributed by atoms with Crippen molar-refractivity contribution in [3.05, 3.63) is 11.8 Å². The summed E-state index contributed by atoms with van der Waals surface area (Å²) in [6, 6.07) is 1.78. The smallest absolute Gasteiger partial charge is 0.223 e. The highest BCUT2D eigenvalue weighted by Crippen LogP contribution is 2.12. The van der Waals surface area contributed by atoms with Gasteiger partial charge in [-0.2, -0.15) is 4.98 Å². The summed E-state index contributed by atoms with van der Waals surface area (Å²) in [7, 11) is 0. The SMILES string of the molecule is CCC(C)Oc1cc(C)nc(N)n1. The van der Waals surface area contributed by atoms with Crippen molar-refractivity contribution in [2.45, 2.75) is 33.3 Å². The lowest BCUT2D eigenvalue weighted by Crippen LogP contribution is -2.12. The van der Waals surface area contributed by atoms with Crippen LogP contribution in [-0.2, 0) is 0 Å². The Morgan fingerprint density at radius 3 is 2.77 bits per heavy atom. The van der Waals surface area contributed by atoms with Gasteiger partial charge in [-0.3, -0.25) is 0 Å². The van der Waals surface area contributed by atoms with Crippen molar-refractivity contribution in [2.24, 2.45) is 0 Å². The molecular weight excluding hydrogens is 166 g/mol. The molecular formula is C9H15N3O. The van der Waals surface area contributed by atoms with Gasteiger partial charge in [0.15, 0.2) is 0 Å². The van der Waals surface area contributed by atoms with E-state index in [0.717, 1.165) is 12.1 Å². The Labute approximate surface area is 78.1 Å². The lowest BCUT2D eigenvalue weighted by Gasteiger charge is -2.11. The Kier molecular flexibility index (Phi) is 3.06. The molecule has 2 N–H and O–H groups in total. The lowest BCUT2D eigenvalue weighted by molar-refractivity contribution is 0.208. The molecule has 1 aromatic rings. The fourth-order valence-electron chi connectivity index (χ4n) is 0.912. The molecule has 1 atom stereocenters. The van der Waals surface area contributed by atoms with Gasteiger partial charge < -0.3 is 10.5 Å². The molecule has 13 heavy (non-hydrogen) atoms. The van der Waals surface area contributed by atoms with Gasteiger partial charge in [-0.15, -0.1) is 0 Å². The molecule has 1 heterocycles. The van der Waals surface area contributed by atoms with Crippen molar-refractivity contribution in [3.63, 3.8) is 0 Å². The molecule has 0 bridgehead atoms. The predicted octanol–water partition coefficient (Wildman–Crippen LogP) is 1.54. The zero-order valence-electron chi connectivity index (χ0n) is 8.24. The molecule has 0 amide bonds. The topological polar surface area (TPSA) is 61.0 Å². The van der Waals surface area contributed by atoms with Crippen molar-refractivity contribution in [2.75, 3.05) is 5.73 Å². The van der Waals surface area contributed by atoms with E-state index in [4.69, 9.17) is 10.5 Å². The van der Waals surface area contributed by atoms with E-state index in [9.17, 15) is 0 Å². The van der Waals surface area contributed by atoms with Gasteiger partial charge in [0.25, 0.3) is 0 Å². The quantitative estimate of drug-likeness (QED) is 0.768. The normalized spacial score (nSPS) is 12.5. The number of nitrogens with two attached hydrogens (primary N) is 1. The number of hydrogen-bond donors (Lipinski definition) is 1. The summed E-state index contributed by atoms with van der Waals surface area (Å²) >= 11 is 0. The first-order valence-corrected chi connectivity index (χ1v) is 4.39. The van der Waals surface area contributed by atoms with Crippen LogP contribution in [0, 0.1) is 6.92 Å². The fraction of sp³-hybridized carbons (Fsp3) is 0.556. The van der Waals surface area contributed by atoms with E-state index in [1.54, 1.807) is 6.07 Å². The second-order valence-electron chi connectivity index (χ2n) is 3.04. The molecule has 1 aromatic heterocycles. The highest BCUT2D eigenvalue weighted by atomic mass is 16.5.